The Morgan fingerprint density at radius 2 is 1.71 bits per heavy atom. The van der Waals surface area contributed by atoms with Gasteiger partial charge in [0, 0.05) is 39.8 Å². The lowest BCUT2D eigenvalue weighted by molar-refractivity contribution is -0.158. The number of piperazine rings is 1. The van der Waals surface area contributed by atoms with Crippen LogP contribution in [0.3, 0.4) is 0 Å². The molecule has 2 fully saturated rings. The Labute approximate surface area is 183 Å². The molecule has 0 aromatic carbocycles. The maximum atomic E-state index is 12.8. The van der Waals surface area contributed by atoms with Gasteiger partial charge in [-0.2, -0.15) is 0 Å². The van der Waals surface area contributed by atoms with E-state index in [-0.39, 0.29) is 24.9 Å². The lowest BCUT2D eigenvalue weighted by Crippen LogP contribution is -2.70. The number of β-lactam (4-membered cyclic amide) rings is 1. The first-order valence-electron chi connectivity index (χ1n) is 10.6. The molecular formula is C20H36N6O5. The highest BCUT2D eigenvalue weighted by Gasteiger charge is 2.54. The number of likely N-dealkylation sites (N-methyl/N-ethyl adjacent to an activating group) is 1. The molecule has 2 atom stereocenters. The van der Waals surface area contributed by atoms with E-state index in [0.29, 0.717) is 38.3 Å². The average molecular weight is 441 g/mol. The van der Waals surface area contributed by atoms with E-state index in [0.717, 1.165) is 4.90 Å². The lowest BCUT2D eigenvalue weighted by Gasteiger charge is -2.47. The van der Waals surface area contributed by atoms with Gasteiger partial charge in [-0.05, 0) is 12.8 Å². The van der Waals surface area contributed by atoms with Crippen molar-refractivity contribution in [2.75, 3.05) is 46.9 Å². The zero-order chi connectivity index (χ0) is 23.6. The maximum absolute atomic E-state index is 12.8. The molecule has 0 spiro atoms. The summed E-state index contributed by atoms with van der Waals surface area (Å²) in [5.41, 5.74) is 5.43. The van der Waals surface area contributed by atoms with Gasteiger partial charge in [-0.15, -0.1) is 0 Å². The van der Waals surface area contributed by atoms with Crippen LogP contribution in [0, 0.1) is 5.92 Å². The van der Waals surface area contributed by atoms with Crippen molar-refractivity contribution in [2.45, 2.75) is 39.2 Å². The summed E-state index contributed by atoms with van der Waals surface area (Å²) >= 11 is 0. The van der Waals surface area contributed by atoms with Gasteiger partial charge in [0.1, 0.15) is 6.04 Å². The molecule has 2 saturated heterocycles. The normalized spacial score (nSPS) is 20.1. The van der Waals surface area contributed by atoms with Crippen molar-refractivity contribution in [3.8, 4) is 0 Å². The second-order valence-electron chi connectivity index (χ2n) is 7.40. The van der Waals surface area contributed by atoms with Crippen LogP contribution in [0.1, 0.15) is 33.1 Å². The van der Waals surface area contributed by atoms with Crippen LogP contribution in [0.25, 0.3) is 0 Å². The van der Waals surface area contributed by atoms with Gasteiger partial charge in [0.15, 0.2) is 0 Å². The molecule has 2 rings (SSSR count). The van der Waals surface area contributed by atoms with Gasteiger partial charge in [0.2, 0.25) is 11.8 Å². The molecule has 31 heavy (non-hydrogen) atoms. The zero-order valence-electron chi connectivity index (χ0n) is 19.0. The number of imide groups is 1. The fourth-order valence-electron chi connectivity index (χ4n) is 3.42. The Morgan fingerprint density at radius 1 is 1.16 bits per heavy atom. The van der Waals surface area contributed by atoms with Gasteiger partial charge in [-0.25, -0.2) is 9.59 Å². The van der Waals surface area contributed by atoms with Crippen molar-refractivity contribution in [1.29, 1.82) is 0 Å². The van der Waals surface area contributed by atoms with Gasteiger partial charge < -0.3 is 30.9 Å². The summed E-state index contributed by atoms with van der Waals surface area (Å²) in [4.78, 5) is 53.2. The van der Waals surface area contributed by atoms with Crippen molar-refractivity contribution in [3.05, 3.63) is 12.4 Å². The number of nitrogens with two attached hydrogens (primary N) is 1. The van der Waals surface area contributed by atoms with Gasteiger partial charge in [-0.3, -0.25) is 14.5 Å². The molecule has 2 heterocycles. The fraction of sp³-hybridized carbons (Fsp3) is 0.700. The molecule has 1 unspecified atom stereocenters. The Hall–Kier alpha value is -2.98. The van der Waals surface area contributed by atoms with E-state index in [2.05, 4.69) is 35.8 Å². The molecule has 2 aliphatic rings. The summed E-state index contributed by atoms with van der Waals surface area (Å²) in [5, 5.41) is 5.39. The Morgan fingerprint density at radius 3 is 2.19 bits per heavy atom. The zero-order valence-corrected chi connectivity index (χ0v) is 19.0. The van der Waals surface area contributed by atoms with Crippen LogP contribution < -0.4 is 16.4 Å². The number of rotatable bonds is 6. The maximum Gasteiger partial charge on any atom is 0.409 e. The molecule has 0 bridgehead atoms. The van der Waals surface area contributed by atoms with Crippen molar-refractivity contribution < 1.29 is 23.9 Å². The van der Waals surface area contributed by atoms with E-state index in [1.165, 1.54) is 30.4 Å². The van der Waals surface area contributed by atoms with Crippen LogP contribution in [0.5, 0.6) is 0 Å². The van der Waals surface area contributed by atoms with Crippen molar-refractivity contribution in [2.24, 2.45) is 11.7 Å². The summed E-state index contributed by atoms with van der Waals surface area (Å²) in [6, 6.07) is -1.34. The molecule has 0 aromatic rings. The molecule has 4 N–H and O–H groups in total. The monoisotopic (exact) mass is 440 g/mol. The third-order valence-electron chi connectivity index (χ3n) is 4.96. The van der Waals surface area contributed by atoms with Crippen molar-refractivity contribution >= 4 is 23.9 Å². The second-order valence-corrected chi connectivity index (χ2v) is 7.40. The number of hydrogen-bond donors (Lipinski definition) is 3. The average Bonchev–Trinajstić information content (AvgIpc) is 2.76. The number of carbonyl (C=O) groups excluding carboxylic acids is 4. The molecule has 5 amide bonds. The number of ether oxygens (including phenoxy) is 1. The molecule has 0 aromatic heterocycles. The quantitative estimate of drug-likeness (QED) is 0.398. The summed E-state index contributed by atoms with van der Waals surface area (Å²) in [6.07, 6.45) is 1.86. The molecule has 176 valence electrons. The number of methoxy groups -OCH3 is 1. The highest BCUT2D eigenvalue weighted by molar-refractivity contribution is 6.08. The summed E-state index contributed by atoms with van der Waals surface area (Å²) in [6.45, 7) is 9.47. The lowest BCUT2D eigenvalue weighted by atomic mass is 9.83. The minimum atomic E-state index is -0.829. The largest absolute Gasteiger partial charge is 0.453 e. The molecule has 11 heteroatoms. The van der Waals surface area contributed by atoms with Gasteiger partial charge >= 0.3 is 12.1 Å². The van der Waals surface area contributed by atoms with Crippen LogP contribution in [0.2, 0.25) is 0 Å². The van der Waals surface area contributed by atoms with Crippen LogP contribution in [-0.2, 0) is 14.3 Å². The highest BCUT2D eigenvalue weighted by atomic mass is 16.5. The number of nitrogens with zero attached hydrogens (tertiary/aromatic N) is 3. The number of carbonyl (C=O) groups is 4. The molecule has 11 nitrogen and oxygen atoms in total. The third kappa shape index (κ3) is 6.76. The predicted octanol–water partition coefficient (Wildman–Crippen LogP) is 0.279. The topological polar surface area (TPSA) is 137 Å². The van der Waals surface area contributed by atoms with E-state index in [9.17, 15) is 19.2 Å². The van der Waals surface area contributed by atoms with E-state index < -0.39 is 24.1 Å². The number of amides is 5. The van der Waals surface area contributed by atoms with Gasteiger partial charge in [0.25, 0.3) is 0 Å². The molecule has 0 radical (unpaired) electrons. The third-order valence-corrected chi connectivity index (χ3v) is 4.96. The van der Waals surface area contributed by atoms with E-state index >= 15 is 0 Å². The van der Waals surface area contributed by atoms with Crippen molar-refractivity contribution in [1.82, 2.24) is 25.3 Å². The summed E-state index contributed by atoms with van der Waals surface area (Å²) in [5.74, 6) is -0.943. The van der Waals surface area contributed by atoms with Gasteiger partial charge in [-0.1, -0.05) is 26.8 Å². The van der Waals surface area contributed by atoms with Crippen LogP contribution in [-0.4, -0.2) is 91.6 Å². The standard InChI is InChI=1S/C17H28N6O5.C3H8/c1-11(18)20-6-4-5-12-13(14(24)19-2)23(15(12)25)16(26)21-7-9-22(10-8-21)17(27)28-3;1-3-2/h12-13,20H,1,4-10,18H2,2-3H3,(H,19,24);3H2,1-2H3/t12-,13?;/m1./s1. The number of likely N-dealkylation sites (tertiary alicyclic amines) is 1. The van der Waals surface area contributed by atoms with Crippen LogP contribution in [0.15, 0.2) is 12.4 Å². The smallest absolute Gasteiger partial charge is 0.409 e. The first kappa shape index (κ1) is 26.1. The first-order valence-corrected chi connectivity index (χ1v) is 10.6. The molecule has 0 aliphatic carbocycles. The summed E-state index contributed by atoms with van der Waals surface area (Å²) in [7, 11) is 2.77. The Bertz CT molecular complexity index is 662. The Balaban J connectivity index is 0.00000151. The second kappa shape index (κ2) is 12.7. The fourth-order valence-corrected chi connectivity index (χ4v) is 3.42. The predicted molar refractivity (Wildman–Crippen MR) is 116 cm³/mol. The molecule has 0 saturated carbocycles. The van der Waals surface area contributed by atoms with E-state index in [1.807, 2.05) is 0 Å². The van der Waals surface area contributed by atoms with E-state index in [4.69, 9.17) is 5.73 Å². The Kier molecular flexibility index (Phi) is 10.6. The number of urea groups is 1. The highest BCUT2D eigenvalue weighted by Crippen LogP contribution is 2.32. The molecular weight excluding hydrogens is 404 g/mol. The minimum Gasteiger partial charge on any atom is -0.453 e. The molecule has 2 aliphatic heterocycles. The minimum absolute atomic E-state index is 0.269. The van der Waals surface area contributed by atoms with Crippen molar-refractivity contribution in [3.63, 3.8) is 0 Å². The van der Waals surface area contributed by atoms with Crippen LogP contribution in [0.4, 0.5) is 9.59 Å². The SMILES string of the molecule is C=C(N)NCCC[C@H]1C(=O)N(C(=O)N2CCN(C(=O)OC)CC2)C1C(=O)NC.CCC. The summed E-state index contributed by atoms with van der Waals surface area (Å²) < 4.78 is 4.67. The number of hydrogen-bond acceptors (Lipinski definition) is 7. The first-order chi connectivity index (χ1) is 14.7. The van der Waals surface area contributed by atoms with Crippen LogP contribution >= 0.6 is 0 Å². The van der Waals surface area contributed by atoms with E-state index in [1.54, 1.807) is 0 Å². The number of nitrogens with one attached hydrogen (secondary N) is 2. The van der Waals surface area contributed by atoms with Gasteiger partial charge in [0.05, 0.1) is 18.8 Å².